The molecular weight excluding hydrogens is 224 g/mol. The number of hydrogen-bond acceptors (Lipinski definition) is 3. The Labute approximate surface area is 102 Å². The number of hydrogen-bond donors (Lipinski definition) is 3. The summed E-state index contributed by atoms with van der Waals surface area (Å²) in [4.78, 5) is 0. The monoisotopic (exact) mass is 242 g/mol. The molecule has 16 heavy (non-hydrogen) atoms. The Hall–Kier alpha value is -0.770. The van der Waals surface area contributed by atoms with Gasteiger partial charge in [0.25, 0.3) is 0 Å². The van der Waals surface area contributed by atoms with E-state index in [9.17, 15) is 5.11 Å². The van der Waals surface area contributed by atoms with E-state index in [1.54, 1.807) is 18.2 Å². The van der Waals surface area contributed by atoms with Gasteiger partial charge in [-0.05, 0) is 31.2 Å². The van der Waals surface area contributed by atoms with E-state index in [0.29, 0.717) is 17.3 Å². The molecule has 0 heterocycles. The summed E-state index contributed by atoms with van der Waals surface area (Å²) in [6, 6.07) is 5.08. The van der Waals surface area contributed by atoms with Crippen molar-refractivity contribution in [3.8, 4) is 5.75 Å². The normalized spacial score (nSPS) is 10.6. The predicted molar refractivity (Wildman–Crippen MR) is 68.0 cm³/mol. The largest absolute Gasteiger partial charge is 0.508 e. The minimum Gasteiger partial charge on any atom is -0.508 e. The van der Waals surface area contributed by atoms with Crippen LogP contribution in [0.1, 0.15) is 18.9 Å². The summed E-state index contributed by atoms with van der Waals surface area (Å²) >= 11 is 5.85. The molecule has 1 rings (SSSR count). The fourth-order valence-electron chi connectivity index (χ4n) is 1.40. The first-order valence-electron chi connectivity index (χ1n) is 5.63. The predicted octanol–water partition coefficient (Wildman–Crippen LogP) is 2.13. The maximum Gasteiger partial charge on any atom is 0.120 e. The van der Waals surface area contributed by atoms with Gasteiger partial charge >= 0.3 is 0 Å². The fourth-order valence-corrected chi connectivity index (χ4v) is 1.59. The zero-order valence-corrected chi connectivity index (χ0v) is 10.3. The Morgan fingerprint density at radius 1 is 1.19 bits per heavy atom. The third-order valence-corrected chi connectivity index (χ3v) is 2.50. The highest BCUT2D eigenvalue weighted by Crippen LogP contribution is 2.20. The van der Waals surface area contributed by atoms with Crippen LogP contribution in [0.15, 0.2) is 18.2 Å². The van der Waals surface area contributed by atoms with Gasteiger partial charge in [-0.3, -0.25) is 0 Å². The standard InChI is InChI=1S/C12H19ClN2O/c1-2-5-14-6-7-15-9-10-8-11(13)3-4-12(10)16/h3-4,8,14-16H,2,5-7,9H2,1H3. The van der Waals surface area contributed by atoms with E-state index < -0.39 is 0 Å². The zero-order chi connectivity index (χ0) is 11.8. The highest BCUT2D eigenvalue weighted by Gasteiger charge is 2.00. The maximum atomic E-state index is 9.56. The average Bonchev–Trinajstić information content (AvgIpc) is 2.28. The number of phenolic OH excluding ortho intramolecular Hbond substituents is 1. The molecule has 90 valence electrons. The molecular formula is C12H19ClN2O. The van der Waals surface area contributed by atoms with Gasteiger partial charge in [0.15, 0.2) is 0 Å². The van der Waals surface area contributed by atoms with Crippen molar-refractivity contribution in [1.82, 2.24) is 10.6 Å². The summed E-state index contributed by atoms with van der Waals surface area (Å²) in [6.07, 6.45) is 1.15. The van der Waals surface area contributed by atoms with Gasteiger partial charge in [-0.15, -0.1) is 0 Å². The molecule has 1 aromatic carbocycles. The summed E-state index contributed by atoms with van der Waals surface area (Å²) in [5, 5.41) is 16.8. The van der Waals surface area contributed by atoms with Gasteiger partial charge in [-0.2, -0.15) is 0 Å². The molecule has 0 radical (unpaired) electrons. The van der Waals surface area contributed by atoms with Gasteiger partial charge in [-0.1, -0.05) is 18.5 Å². The first-order valence-corrected chi connectivity index (χ1v) is 6.00. The Kier molecular flexibility index (Phi) is 6.23. The lowest BCUT2D eigenvalue weighted by Gasteiger charge is -2.07. The zero-order valence-electron chi connectivity index (χ0n) is 9.59. The number of phenols is 1. The lowest BCUT2D eigenvalue weighted by Crippen LogP contribution is -2.27. The number of benzene rings is 1. The minimum absolute atomic E-state index is 0.290. The van der Waals surface area contributed by atoms with Crippen LogP contribution in [0.5, 0.6) is 5.75 Å². The summed E-state index contributed by atoms with van der Waals surface area (Å²) in [7, 11) is 0. The molecule has 3 nitrogen and oxygen atoms in total. The van der Waals surface area contributed by atoms with E-state index >= 15 is 0 Å². The number of rotatable bonds is 7. The van der Waals surface area contributed by atoms with E-state index in [0.717, 1.165) is 31.6 Å². The van der Waals surface area contributed by atoms with Gasteiger partial charge in [0.2, 0.25) is 0 Å². The summed E-state index contributed by atoms with van der Waals surface area (Å²) < 4.78 is 0. The molecule has 0 aromatic heterocycles. The minimum atomic E-state index is 0.290. The van der Waals surface area contributed by atoms with Crippen molar-refractivity contribution in [3.05, 3.63) is 28.8 Å². The Bertz CT molecular complexity index is 318. The Morgan fingerprint density at radius 2 is 1.94 bits per heavy atom. The lowest BCUT2D eigenvalue weighted by atomic mass is 10.2. The van der Waals surface area contributed by atoms with Crippen LogP contribution >= 0.6 is 11.6 Å². The third kappa shape index (κ3) is 4.84. The van der Waals surface area contributed by atoms with Crippen molar-refractivity contribution in [2.24, 2.45) is 0 Å². The van der Waals surface area contributed by atoms with Crippen LogP contribution in [-0.2, 0) is 6.54 Å². The van der Waals surface area contributed by atoms with Crippen LogP contribution in [0, 0.1) is 0 Å². The average molecular weight is 243 g/mol. The molecule has 0 aliphatic carbocycles. The first kappa shape index (κ1) is 13.3. The summed E-state index contributed by atoms with van der Waals surface area (Å²) in [5.41, 5.74) is 0.836. The van der Waals surface area contributed by atoms with Crippen molar-refractivity contribution in [2.45, 2.75) is 19.9 Å². The van der Waals surface area contributed by atoms with Gasteiger partial charge < -0.3 is 15.7 Å². The second-order valence-electron chi connectivity index (χ2n) is 3.70. The van der Waals surface area contributed by atoms with E-state index in [2.05, 4.69) is 17.6 Å². The molecule has 0 unspecified atom stereocenters. The van der Waals surface area contributed by atoms with Crippen LogP contribution in [0.2, 0.25) is 5.02 Å². The van der Waals surface area contributed by atoms with Crippen LogP contribution < -0.4 is 10.6 Å². The molecule has 0 atom stereocenters. The molecule has 4 heteroatoms. The molecule has 3 N–H and O–H groups in total. The molecule has 0 aliphatic heterocycles. The highest BCUT2D eigenvalue weighted by molar-refractivity contribution is 6.30. The van der Waals surface area contributed by atoms with Gasteiger partial charge in [0.1, 0.15) is 5.75 Å². The molecule has 0 amide bonds. The van der Waals surface area contributed by atoms with Crippen molar-refractivity contribution in [1.29, 1.82) is 0 Å². The molecule has 0 bridgehead atoms. The van der Waals surface area contributed by atoms with E-state index in [1.807, 2.05) is 0 Å². The van der Waals surface area contributed by atoms with Crippen LogP contribution in [-0.4, -0.2) is 24.7 Å². The molecule has 0 fully saturated rings. The Balaban J connectivity index is 2.23. The first-order chi connectivity index (χ1) is 7.74. The topological polar surface area (TPSA) is 44.3 Å². The second-order valence-corrected chi connectivity index (χ2v) is 4.14. The maximum absolute atomic E-state index is 9.56. The second kappa shape index (κ2) is 7.49. The number of halogens is 1. The van der Waals surface area contributed by atoms with E-state index in [1.165, 1.54) is 0 Å². The van der Waals surface area contributed by atoms with Gasteiger partial charge in [0, 0.05) is 30.2 Å². The van der Waals surface area contributed by atoms with E-state index in [-0.39, 0.29) is 0 Å². The molecule has 0 aliphatic rings. The molecule has 0 spiro atoms. The third-order valence-electron chi connectivity index (χ3n) is 2.26. The number of aromatic hydroxyl groups is 1. The summed E-state index contributed by atoms with van der Waals surface area (Å²) in [5.74, 6) is 0.290. The molecule has 0 saturated carbocycles. The Morgan fingerprint density at radius 3 is 2.69 bits per heavy atom. The van der Waals surface area contributed by atoms with Crippen LogP contribution in [0.3, 0.4) is 0 Å². The van der Waals surface area contributed by atoms with Gasteiger partial charge in [-0.25, -0.2) is 0 Å². The van der Waals surface area contributed by atoms with Crippen molar-refractivity contribution in [2.75, 3.05) is 19.6 Å². The smallest absolute Gasteiger partial charge is 0.120 e. The summed E-state index contributed by atoms with van der Waals surface area (Å²) in [6.45, 7) is 5.65. The lowest BCUT2D eigenvalue weighted by molar-refractivity contribution is 0.464. The van der Waals surface area contributed by atoms with Crippen molar-refractivity contribution >= 4 is 11.6 Å². The van der Waals surface area contributed by atoms with Crippen molar-refractivity contribution in [3.63, 3.8) is 0 Å². The van der Waals surface area contributed by atoms with Crippen LogP contribution in [0.4, 0.5) is 0 Å². The number of nitrogens with one attached hydrogen (secondary N) is 2. The quantitative estimate of drug-likeness (QED) is 0.642. The molecule has 0 saturated heterocycles. The van der Waals surface area contributed by atoms with Gasteiger partial charge in [0.05, 0.1) is 0 Å². The van der Waals surface area contributed by atoms with Crippen LogP contribution in [0.25, 0.3) is 0 Å². The van der Waals surface area contributed by atoms with E-state index in [4.69, 9.17) is 11.6 Å². The molecule has 1 aromatic rings. The fraction of sp³-hybridized carbons (Fsp3) is 0.500. The SMILES string of the molecule is CCCNCCNCc1cc(Cl)ccc1O. The highest BCUT2D eigenvalue weighted by atomic mass is 35.5. The van der Waals surface area contributed by atoms with Crippen molar-refractivity contribution < 1.29 is 5.11 Å².